The largest absolute Gasteiger partial charge is 0.475 e. The number of carbonyl (C=O) groups is 1. The maximum atomic E-state index is 11.0. The van der Waals surface area contributed by atoms with Crippen molar-refractivity contribution >= 4 is 11.6 Å². The molecule has 4 N–H and O–H groups in total. The summed E-state index contributed by atoms with van der Waals surface area (Å²) in [6.45, 7) is 1.76. The van der Waals surface area contributed by atoms with Crippen molar-refractivity contribution in [3.05, 3.63) is 17.8 Å². The Morgan fingerprint density at radius 3 is 2.72 bits per heavy atom. The molecule has 0 saturated carbocycles. The summed E-state index contributed by atoms with van der Waals surface area (Å²) >= 11 is 0. The maximum Gasteiger partial charge on any atom is 0.251 e. The van der Waals surface area contributed by atoms with Crippen molar-refractivity contribution in [2.45, 2.75) is 0 Å². The fourth-order valence-electron chi connectivity index (χ4n) is 1.19. The Morgan fingerprint density at radius 1 is 1.33 bits per heavy atom. The van der Waals surface area contributed by atoms with E-state index in [1.54, 1.807) is 7.11 Å². The Hall–Kier alpha value is -1.86. The quantitative estimate of drug-likeness (QED) is 0.623. The minimum Gasteiger partial charge on any atom is -0.475 e. The SMILES string of the molecule is COCCOCCOc1cc(C(N)=O)c(N)cn1. The van der Waals surface area contributed by atoms with Crippen molar-refractivity contribution in [3.63, 3.8) is 0 Å². The van der Waals surface area contributed by atoms with Gasteiger partial charge in [-0.05, 0) is 0 Å². The molecule has 100 valence electrons. The maximum absolute atomic E-state index is 11.0. The van der Waals surface area contributed by atoms with Crippen LogP contribution in [0.2, 0.25) is 0 Å². The van der Waals surface area contributed by atoms with Crippen LogP contribution in [-0.2, 0) is 9.47 Å². The summed E-state index contributed by atoms with van der Waals surface area (Å²) in [5.41, 5.74) is 11.1. The Labute approximate surface area is 105 Å². The first kappa shape index (κ1) is 14.2. The van der Waals surface area contributed by atoms with E-state index in [9.17, 15) is 4.79 Å². The van der Waals surface area contributed by atoms with Crippen LogP contribution < -0.4 is 16.2 Å². The number of hydrogen-bond acceptors (Lipinski definition) is 6. The highest BCUT2D eigenvalue weighted by molar-refractivity contribution is 5.97. The van der Waals surface area contributed by atoms with E-state index < -0.39 is 5.91 Å². The lowest BCUT2D eigenvalue weighted by atomic mass is 10.2. The van der Waals surface area contributed by atoms with E-state index >= 15 is 0 Å². The second-order valence-electron chi connectivity index (χ2n) is 3.43. The van der Waals surface area contributed by atoms with Crippen LogP contribution in [0.5, 0.6) is 5.88 Å². The van der Waals surface area contributed by atoms with Gasteiger partial charge in [0.05, 0.1) is 37.3 Å². The first-order valence-electron chi connectivity index (χ1n) is 5.40. The van der Waals surface area contributed by atoms with Crippen LogP contribution in [0.1, 0.15) is 10.4 Å². The number of primary amides is 1. The third kappa shape index (κ3) is 4.56. The molecule has 18 heavy (non-hydrogen) atoms. The summed E-state index contributed by atoms with van der Waals surface area (Å²) in [4.78, 5) is 15.0. The number of nitrogens with zero attached hydrogens (tertiary/aromatic N) is 1. The molecule has 1 heterocycles. The number of nitrogen functional groups attached to an aromatic ring is 1. The lowest BCUT2D eigenvalue weighted by Gasteiger charge is -2.08. The van der Waals surface area contributed by atoms with Crippen molar-refractivity contribution in [3.8, 4) is 5.88 Å². The average Bonchev–Trinajstić information content (AvgIpc) is 2.35. The van der Waals surface area contributed by atoms with Crippen molar-refractivity contribution in [2.24, 2.45) is 5.73 Å². The van der Waals surface area contributed by atoms with Crippen LogP contribution in [0.25, 0.3) is 0 Å². The van der Waals surface area contributed by atoms with Gasteiger partial charge in [-0.15, -0.1) is 0 Å². The smallest absolute Gasteiger partial charge is 0.251 e. The first-order valence-corrected chi connectivity index (χ1v) is 5.40. The lowest BCUT2D eigenvalue weighted by molar-refractivity contribution is 0.0536. The van der Waals surface area contributed by atoms with Crippen molar-refractivity contribution < 1.29 is 19.0 Å². The van der Waals surface area contributed by atoms with Gasteiger partial charge >= 0.3 is 0 Å². The number of ether oxygens (including phenoxy) is 3. The van der Waals surface area contributed by atoms with Gasteiger partial charge < -0.3 is 25.7 Å². The monoisotopic (exact) mass is 255 g/mol. The van der Waals surface area contributed by atoms with Gasteiger partial charge in [0.15, 0.2) is 0 Å². The van der Waals surface area contributed by atoms with Crippen LogP contribution >= 0.6 is 0 Å². The molecule has 7 nitrogen and oxygen atoms in total. The molecule has 1 aromatic rings. The summed E-state index contributed by atoms with van der Waals surface area (Å²) in [5.74, 6) is -0.329. The molecular formula is C11H17N3O4. The highest BCUT2D eigenvalue weighted by Gasteiger charge is 2.08. The number of carbonyl (C=O) groups excluding carboxylic acids is 1. The molecule has 1 amide bonds. The van der Waals surface area contributed by atoms with E-state index in [-0.39, 0.29) is 17.1 Å². The van der Waals surface area contributed by atoms with Crippen LogP contribution in [-0.4, -0.2) is 44.4 Å². The van der Waals surface area contributed by atoms with Crippen molar-refractivity contribution in [1.29, 1.82) is 0 Å². The van der Waals surface area contributed by atoms with Gasteiger partial charge in [-0.1, -0.05) is 0 Å². The van der Waals surface area contributed by atoms with Gasteiger partial charge in [-0.25, -0.2) is 4.98 Å². The number of nitrogens with two attached hydrogens (primary N) is 2. The Balaban J connectivity index is 2.38. The third-order valence-electron chi connectivity index (χ3n) is 2.08. The highest BCUT2D eigenvalue weighted by Crippen LogP contribution is 2.15. The molecule has 0 spiro atoms. The lowest BCUT2D eigenvalue weighted by Crippen LogP contribution is -2.15. The van der Waals surface area contributed by atoms with Crippen LogP contribution in [0, 0.1) is 0 Å². The molecule has 0 atom stereocenters. The molecule has 0 aliphatic heterocycles. The molecular weight excluding hydrogens is 238 g/mol. The fraction of sp³-hybridized carbons (Fsp3) is 0.455. The molecule has 1 aromatic heterocycles. The summed E-state index contributed by atoms with van der Waals surface area (Å²) in [6.07, 6.45) is 1.33. The molecule has 0 aliphatic rings. The van der Waals surface area contributed by atoms with Crippen molar-refractivity contribution in [1.82, 2.24) is 4.98 Å². The van der Waals surface area contributed by atoms with E-state index in [1.165, 1.54) is 12.3 Å². The summed E-state index contributed by atoms with van der Waals surface area (Å²) in [7, 11) is 1.60. The number of rotatable bonds is 8. The van der Waals surface area contributed by atoms with Gasteiger partial charge in [0.25, 0.3) is 5.91 Å². The molecule has 7 heteroatoms. The Kier molecular flexibility index (Phi) is 5.89. The number of methoxy groups -OCH3 is 1. The van der Waals surface area contributed by atoms with E-state index in [0.717, 1.165) is 0 Å². The Morgan fingerprint density at radius 2 is 2.06 bits per heavy atom. The zero-order valence-electron chi connectivity index (χ0n) is 10.2. The minimum absolute atomic E-state index is 0.195. The molecule has 1 rings (SSSR count). The zero-order valence-corrected chi connectivity index (χ0v) is 10.2. The van der Waals surface area contributed by atoms with Crippen LogP contribution in [0.3, 0.4) is 0 Å². The number of aromatic nitrogens is 1. The number of hydrogen-bond donors (Lipinski definition) is 2. The first-order chi connectivity index (χ1) is 8.65. The molecule has 0 radical (unpaired) electrons. The molecule has 0 aromatic carbocycles. The normalized spacial score (nSPS) is 10.3. The summed E-state index contributed by atoms with van der Waals surface area (Å²) < 4.78 is 15.3. The predicted molar refractivity (Wildman–Crippen MR) is 65.4 cm³/mol. The van der Waals surface area contributed by atoms with Gasteiger partial charge in [0, 0.05) is 13.2 Å². The summed E-state index contributed by atoms with van der Waals surface area (Å²) in [6, 6.07) is 1.41. The Bertz CT molecular complexity index is 398. The van der Waals surface area contributed by atoms with Crippen LogP contribution in [0.15, 0.2) is 12.3 Å². The standard InChI is InChI=1S/C11H17N3O4/c1-16-2-3-17-4-5-18-10-6-8(11(13)15)9(12)7-14-10/h6-7H,2-5,12H2,1H3,(H2,13,15). The third-order valence-corrected chi connectivity index (χ3v) is 2.08. The number of amides is 1. The molecule has 0 unspecified atom stereocenters. The second kappa shape index (κ2) is 7.46. The zero-order chi connectivity index (χ0) is 13.4. The van der Waals surface area contributed by atoms with E-state index in [4.69, 9.17) is 25.7 Å². The van der Waals surface area contributed by atoms with Gasteiger partial charge in [0.2, 0.25) is 5.88 Å². The summed E-state index contributed by atoms with van der Waals surface area (Å²) in [5, 5.41) is 0. The van der Waals surface area contributed by atoms with E-state index in [0.29, 0.717) is 26.4 Å². The van der Waals surface area contributed by atoms with Crippen molar-refractivity contribution in [2.75, 3.05) is 39.3 Å². The molecule has 0 aliphatic carbocycles. The minimum atomic E-state index is -0.615. The number of anilines is 1. The van der Waals surface area contributed by atoms with Gasteiger partial charge in [0.1, 0.15) is 6.61 Å². The van der Waals surface area contributed by atoms with Crippen LogP contribution in [0.4, 0.5) is 5.69 Å². The van der Waals surface area contributed by atoms with E-state index in [2.05, 4.69) is 4.98 Å². The average molecular weight is 255 g/mol. The van der Waals surface area contributed by atoms with Gasteiger partial charge in [-0.2, -0.15) is 0 Å². The molecule has 0 saturated heterocycles. The predicted octanol–water partition coefficient (Wildman–Crippen LogP) is -0.195. The molecule has 0 bridgehead atoms. The van der Waals surface area contributed by atoms with Gasteiger partial charge in [-0.3, -0.25) is 4.79 Å². The highest BCUT2D eigenvalue weighted by atomic mass is 16.5. The van der Waals surface area contributed by atoms with E-state index in [1.807, 2.05) is 0 Å². The second-order valence-corrected chi connectivity index (χ2v) is 3.43. The topological polar surface area (TPSA) is 110 Å². The fourth-order valence-corrected chi connectivity index (χ4v) is 1.19. The molecule has 0 fully saturated rings. The number of pyridine rings is 1.